The van der Waals surface area contributed by atoms with E-state index in [0.717, 1.165) is 25.9 Å². The van der Waals surface area contributed by atoms with Gasteiger partial charge in [0.2, 0.25) is 0 Å². The molecule has 72 valence electrons. The van der Waals surface area contributed by atoms with Crippen LogP contribution in [0.5, 0.6) is 0 Å². The third-order valence-electron chi connectivity index (χ3n) is 1.59. The largest absolute Gasteiger partial charge is 0.356 e. The second kappa shape index (κ2) is 8.75. The highest BCUT2D eigenvalue weighted by Gasteiger charge is 2.01. The van der Waals surface area contributed by atoms with Crippen molar-refractivity contribution in [3.8, 4) is 0 Å². The van der Waals surface area contributed by atoms with Crippen molar-refractivity contribution < 1.29 is 9.47 Å². The van der Waals surface area contributed by atoms with Gasteiger partial charge in [0.1, 0.15) is 0 Å². The Hall–Kier alpha value is -0.340. The van der Waals surface area contributed by atoms with E-state index in [2.05, 4.69) is 26.0 Å². The van der Waals surface area contributed by atoms with Crippen molar-refractivity contribution in [1.29, 1.82) is 0 Å². The van der Waals surface area contributed by atoms with Gasteiger partial charge in [0.05, 0.1) is 6.61 Å². The summed E-state index contributed by atoms with van der Waals surface area (Å²) in [6.45, 7) is 4.93. The van der Waals surface area contributed by atoms with Crippen LogP contribution >= 0.6 is 0 Å². The fourth-order valence-electron chi connectivity index (χ4n) is 0.905. The third kappa shape index (κ3) is 6.38. The Kier molecular flexibility index (Phi) is 8.51. The highest BCUT2D eigenvalue weighted by Crippen LogP contribution is 1.99. The summed E-state index contributed by atoms with van der Waals surface area (Å²) >= 11 is 0. The van der Waals surface area contributed by atoms with Crippen LogP contribution in [0.2, 0.25) is 0 Å². The number of allylic oxidation sites excluding steroid dienone is 1. The molecule has 0 aliphatic carbocycles. The lowest BCUT2D eigenvalue weighted by Gasteiger charge is -2.12. The molecule has 0 aromatic carbocycles. The maximum absolute atomic E-state index is 5.41. The number of ether oxygens (including phenoxy) is 2. The molecule has 0 aromatic heterocycles. The maximum Gasteiger partial charge on any atom is 0.156 e. The van der Waals surface area contributed by atoms with Gasteiger partial charge in [-0.2, -0.15) is 0 Å². The quantitative estimate of drug-likeness (QED) is 0.334. The molecule has 0 spiro atoms. The van der Waals surface area contributed by atoms with E-state index in [4.69, 9.17) is 9.47 Å². The Labute approximate surface area is 75.6 Å². The molecule has 0 aliphatic heterocycles. The van der Waals surface area contributed by atoms with E-state index in [1.54, 1.807) is 7.11 Å². The predicted octanol–water partition coefficient (Wildman–Crippen LogP) is 2.74. The summed E-state index contributed by atoms with van der Waals surface area (Å²) in [6.07, 6.45) is 7.25. The summed E-state index contributed by atoms with van der Waals surface area (Å²) in [5.74, 6) is 0. The van der Waals surface area contributed by atoms with Crippen LogP contribution in [0.1, 0.15) is 33.1 Å². The number of hydrogen-bond acceptors (Lipinski definition) is 2. The Balaban J connectivity index is 3.23. The summed E-state index contributed by atoms with van der Waals surface area (Å²) in [5, 5.41) is 0. The van der Waals surface area contributed by atoms with Crippen LogP contribution in [-0.4, -0.2) is 20.0 Å². The molecule has 0 aliphatic rings. The van der Waals surface area contributed by atoms with Crippen LogP contribution < -0.4 is 0 Å². The maximum atomic E-state index is 5.41. The fourth-order valence-corrected chi connectivity index (χ4v) is 0.905. The fraction of sp³-hybridized carbons (Fsp3) is 0.800. The summed E-state index contributed by atoms with van der Waals surface area (Å²) in [7, 11) is 1.68. The van der Waals surface area contributed by atoms with E-state index in [1.807, 2.05) is 0 Å². The van der Waals surface area contributed by atoms with Gasteiger partial charge in [0.15, 0.2) is 6.29 Å². The summed E-state index contributed by atoms with van der Waals surface area (Å²) in [6, 6.07) is 0. The zero-order chi connectivity index (χ0) is 9.23. The first-order valence-corrected chi connectivity index (χ1v) is 4.64. The zero-order valence-electron chi connectivity index (χ0n) is 8.38. The molecule has 0 radical (unpaired) electrons. The molecule has 0 saturated heterocycles. The molecule has 1 unspecified atom stereocenters. The first-order valence-electron chi connectivity index (χ1n) is 4.64. The van der Waals surface area contributed by atoms with E-state index < -0.39 is 0 Å². The Morgan fingerprint density at radius 1 is 1.25 bits per heavy atom. The normalized spacial score (nSPS) is 13.9. The molecule has 0 aromatic rings. The average molecular weight is 172 g/mol. The predicted molar refractivity (Wildman–Crippen MR) is 51.1 cm³/mol. The highest BCUT2D eigenvalue weighted by atomic mass is 16.7. The molecule has 2 heteroatoms. The van der Waals surface area contributed by atoms with Crippen LogP contribution in [0.3, 0.4) is 0 Å². The number of methoxy groups -OCH3 is 1. The standard InChI is InChI=1S/C10H20O2/c1-4-6-7-8-9-12-10(5-2)11-3/h6-7,10H,4-5,8-9H2,1-3H3. The van der Waals surface area contributed by atoms with Gasteiger partial charge < -0.3 is 9.47 Å². The molecule has 12 heavy (non-hydrogen) atoms. The van der Waals surface area contributed by atoms with Gasteiger partial charge >= 0.3 is 0 Å². The van der Waals surface area contributed by atoms with Crippen molar-refractivity contribution in [1.82, 2.24) is 0 Å². The molecule has 2 nitrogen and oxygen atoms in total. The first-order chi connectivity index (χ1) is 5.85. The molecule has 0 rings (SSSR count). The Bertz CT molecular complexity index is 106. The monoisotopic (exact) mass is 172 g/mol. The van der Waals surface area contributed by atoms with E-state index in [1.165, 1.54) is 0 Å². The van der Waals surface area contributed by atoms with Gasteiger partial charge in [-0.25, -0.2) is 0 Å². The second-order valence-corrected chi connectivity index (χ2v) is 2.61. The number of hydrogen-bond donors (Lipinski definition) is 0. The van der Waals surface area contributed by atoms with Crippen LogP contribution in [0, 0.1) is 0 Å². The molecule has 0 heterocycles. The molecule has 0 amide bonds. The third-order valence-corrected chi connectivity index (χ3v) is 1.59. The topological polar surface area (TPSA) is 18.5 Å². The lowest BCUT2D eigenvalue weighted by Crippen LogP contribution is -2.14. The summed E-state index contributed by atoms with van der Waals surface area (Å²) < 4.78 is 10.5. The smallest absolute Gasteiger partial charge is 0.156 e. The van der Waals surface area contributed by atoms with Gasteiger partial charge in [-0.15, -0.1) is 0 Å². The van der Waals surface area contributed by atoms with E-state index in [0.29, 0.717) is 0 Å². The minimum Gasteiger partial charge on any atom is -0.356 e. The van der Waals surface area contributed by atoms with Gasteiger partial charge in [0, 0.05) is 7.11 Å². The molecule has 1 atom stereocenters. The van der Waals surface area contributed by atoms with Crippen LogP contribution in [0.4, 0.5) is 0 Å². The van der Waals surface area contributed by atoms with Gasteiger partial charge in [-0.3, -0.25) is 0 Å². The zero-order valence-corrected chi connectivity index (χ0v) is 8.38. The van der Waals surface area contributed by atoms with Gasteiger partial charge in [-0.1, -0.05) is 26.0 Å². The minimum absolute atomic E-state index is 0.0278. The van der Waals surface area contributed by atoms with Gasteiger partial charge in [0.25, 0.3) is 0 Å². The molecular weight excluding hydrogens is 152 g/mol. The van der Waals surface area contributed by atoms with E-state index in [9.17, 15) is 0 Å². The molecule has 0 bridgehead atoms. The van der Waals surface area contributed by atoms with Crippen molar-refractivity contribution in [2.45, 2.75) is 39.4 Å². The van der Waals surface area contributed by atoms with E-state index in [-0.39, 0.29) is 6.29 Å². The first kappa shape index (κ1) is 11.7. The summed E-state index contributed by atoms with van der Waals surface area (Å²) in [4.78, 5) is 0. The van der Waals surface area contributed by atoms with Gasteiger partial charge in [-0.05, 0) is 19.3 Å². The minimum atomic E-state index is -0.0278. The molecule has 0 fully saturated rings. The lowest BCUT2D eigenvalue weighted by atomic mass is 10.3. The molecule has 0 saturated carbocycles. The SMILES string of the molecule is CCC=CCCOC(CC)OC. The van der Waals surface area contributed by atoms with Crippen LogP contribution in [-0.2, 0) is 9.47 Å². The lowest BCUT2D eigenvalue weighted by molar-refractivity contribution is -0.123. The number of rotatable bonds is 7. The molecular formula is C10H20O2. The Morgan fingerprint density at radius 3 is 2.50 bits per heavy atom. The average Bonchev–Trinajstić information content (AvgIpc) is 2.11. The molecule has 0 N–H and O–H groups in total. The van der Waals surface area contributed by atoms with Crippen LogP contribution in [0.25, 0.3) is 0 Å². The van der Waals surface area contributed by atoms with E-state index >= 15 is 0 Å². The van der Waals surface area contributed by atoms with Crippen LogP contribution in [0.15, 0.2) is 12.2 Å². The van der Waals surface area contributed by atoms with Crippen molar-refractivity contribution in [3.63, 3.8) is 0 Å². The second-order valence-electron chi connectivity index (χ2n) is 2.61. The van der Waals surface area contributed by atoms with Crippen molar-refractivity contribution >= 4 is 0 Å². The summed E-state index contributed by atoms with van der Waals surface area (Å²) in [5.41, 5.74) is 0. The van der Waals surface area contributed by atoms with Crippen molar-refractivity contribution in [2.24, 2.45) is 0 Å². The Morgan fingerprint density at radius 2 is 2.00 bits per heavy atom. The van der Waals surface area contributed by atoms with Crippen molar-refractivity contribution in [2.75, 3.05) is 13.7 Å². The van der Waals surface area contributed by atoms with Crippen molar-refractivity contribution in [3.05, 3.63) is 12.2 Å². The highest BCUT2D eigenvalue weighted by molar-refractivity contribution is 4.79.